The van der Waals surface area contributed by atoms with Gasteiger partial charge in [-0.1, -0.05) is 24.7 Å². The van der Waals surface area contributed by atoms with Gasteiger partial charge in [0.15, 0.2) is 0 Å². The third-order valence-corrected chi connectivity index (χ3v) is 4.23. The van der Waals surface area contributed by atoms with E-state index in [1.165, 1.54) is 16.7 Å². The van der Waals surface area contributed by atoms with Crippen molar-refractivity contribution < 1.29 is 9.18 Å². The Morgan fingerprint density at radius 3 is 2.64 bits per heavy atom. The van der Waals surface area contributed by atoms with Crippen LogP contribution in [-0.2, 0) is 11.3 Å². The first kappa shape index (κ1) is 16.4. The fourth-order valence-corrected chi connectivity index (χ4v) is 3.08. The zero-order chi connectivity index (χ0) is 16.1. The first-order chi connectivity index (χ1) is 10.5. The van der Waals surface area contributed by atoms with Gasteiger partial charge in [0.2, 0.25) is 5.91 Å². The molecule has 0 saturated heterocycles. The molecule has 2 rings (SSSR count). The summed E-state index contributed by atoms with van der Waals surface area (Å²) in [5, 5.41) is 2.80. The molecule has 0 radical (unpaired) electrons. The van der Waals surface area contributed by atoms with Gasteiger partial charge in [0.05, 0.1) is 5.69 Å². The van der Waals surface area contributed by atoms with Crippen molar-refractivity contribution in [1.82, 2.24) is 9.88 Å². The molecule has 4 nitrogen and oxygen atoms in total. The smallest absolute Gasteiger partial charge is 0.308 e. The van der Waals surface area contributed by atoms with Crippen molar-refractivity contribution in [1.29, 1.82) is 0 Å². The fraction of sp³-hybridized carbons (Fsp3) is 0.375. The van der Waals surface area contributed by atoms with Crippen LogP contribution in [0.15, 0.2) is 29.1 Å². The highest BCUT2D eigenvalue weighted by Crippen LogP contribution is 2.25. The molecular formula is C16H19FN2O2S. The van der Waals surface area contributed by atoms with Crippen LogP contribution in [-0.4, -0.2) is 17.0 Å². The molecule has 0 saturated carbocycles. The lowest BCUT2D eigenvalue weighted by molar-refractivity contribution is -0.121. The molecule has 1 aromatic carbocycles. The number of carbonyl (C=O) groups excluding carboxylic acids is 1. The fourth-order valence-electron chi connectivity index (χ4n) is 2.23. The van der Waals surface area contributed by atoms with Gasteiger partial charge < -0.3 is 5.32 Å². The van der Waals surface area contributed by atoms with E-state index < -0.39 is 0 Å². The average Bonchev–Trinajstić information content (AvgIpc) is 2.75. The maximum absolute atomic E-state index is 13.1. The molecule has 6 heteroatoms. The largest absolute Gasteiger partial charge is 0.355 e. The molecule has 0 bridgehead atoms. The molecule has 0 aliphatic rings. The number of hydrogen-bond acceptors (Lipinski definition) is 3. The van der Waals surface area contributed by atoms with E-state index in [0.29, 0.717) is 12.2 Å². The number of carbonyl (C=O) groups is 1. The van der Waals surface area contributed by atoms with Crippen LogP contribution < -0.4 is 10.2 Å². The standard InChI is InChI=1S/C16H19FN2O2S/c1-3-4-9-18-14(20)10-19-15(11(2)22-16(19)21)12-5-7-13(17)8-6-12/h5-8H,3-4,9-10H2,1-2H3,(H,18,20). The zero-order valence-corrected chi connectivity index (χ0v) is 13.5. The molecular weight excluding hydrogens is 303 g/mol. The van der Waals surface area contributed by atoms with Gasteiger partial charge in [-0.2, -0.15) is 0 Å². The minimum absolute atomic E-state index is 0.0143. The van der Waals surface area contributed by atoms with Crippen LogP contribution in [0.25, 0.3) is 11.3 Å². The Morgan fingerprint density at radius 2 is 2.00 bits per heavy atom. The highest BCUT2D eigenvalue weighted by molar-refractivity contribution is 7.09. The van der Waals surface area contributed by atoms with Crippen LogP contribution in [0.1, 0.15) is 24.6 Å². The number of hydrogen-bond donors (Lipinski definition) is 1. The van der Waals surface area contributed by atoms with Crippen LogP contribution in [0.4, 0.5) is 4.39 Å². The van der Waals surface area contributed by atoms with Crippen molar-refractivity contribution >= 4 is 17.2 Å². The van der Waals surface area contributed by atoms with Gasteiger partial charge in [-0.25, -0.2) is 4.39 Å². The number of halogens is 1. The van der Waals surface area contributed by atoms with Crippen molar-refractivity contribution in [2.45, 2.75) is 33.2 Å². The number of nitrogens with one attached hydrogen (secondary N) is 1. The molecule has 2 aromatic rings. The predicted molar refractivity (Wildman–Crippen MR) is 86.6 cm³/mol. The highest BCUT2D eigenvalue weighted by atomic mass is 32.1. The van der Waals surface area contributed by atoms with Crippen molar-refractivity contribution in [3.05, 3.63) is 44.6 Å². The average molecular weight is 322 g/mol. The third kappa shape index (κ3) is 3.82. The molecule has 0 unspecified atom stereocenters. The van der Waals surface area contributed by atoms with Crippen LogP contribution in [0.2, 0.25) is 0 Å². The molecule has 0 spiro atoms. The van der Waals surface area contributed by atoms with Gasteiger partial charge in [0.1, 0.15) is 12.4 Å². The van der Waals surface area contributed by atoms with E-state index in [9.17, 15) is 14.0 Å². The number of aromatic nitrogens is 1. The first-order valence-corrected chi connectivity index (χ1v) is 8.07. The van der Waals surface area contributed by atoms with Gasteiger partial charge >= 0.3 is 4.87 Å². The van der Waals surface area contributed by atoms with Crippen LogP contribution in [0, 0.1) is 12.7 Å². The summed E-state index contributed by atoms with van der Waals surface area (Å²) in [6, 6.07) is 5.94. The van der Waals surface area contributed by atoms with Gasteiger partial charge in [-0.15, -0.1) is 0 Å². The second-order valence-electron chi connectivity index (χ2n) is 5.07. The Morgan fingerprint density at radius 1 is 1.32 bits per heavy atom. The lowest BCUT2D eigenvalue weighted by Gasteiger charge is -2.09. The summed E-state index contributed by atoms with van der Waals surface area (Å²) in [6.45, 7) is 4.47. The van der Waals surface area contributed by atoms with E-state index >= 15 is 0 Å². The van der Waals surface area contributed by atoms with Gasteiger partial charge in [-0.05, 0) is 43.2 Å². The summed E-state index contributed by atoms with van der Waals surface area (Å²) < 4.78 is 14.5. The first-order valence-electron chi connectivity index (χ1n) is 7.25. The Bertz CT molecular complexity index is 704. The van der Waals surface area contributed by atoms with E-state index in [1.807, 2.05) is 13.8 Å². The lowest BCUT2D eigenvalue weighted by Crippen LogP contribution is -2.31. The van der Waals surface area contributed by atoms with Crippen molar-refractivity contribution in [2.24, 2.45) is 0 Å². The summed E-state index contributed by atoms with van der Waals surface area (Å²) in [6.07, 6.45) is 1.91. The van der Waals surface area contributed by atoms with Crippen molar-refractivity contribution in [3.63, 3.8) is 0 Å². The lowest BCUT2D eigenvalue weighted by atomic mass is 10.1. The van der Waals surface area contributed by atoms with Crippen LogP contribution in [0.5, 0.6) is 0 Å². The quantitative estimate of drug-likeness (QED) is 0.831. The summed E-state index contributed by atoms with van der Waals surface area (Å²) in [4.78, 5) is 24.7. The summed E-state index contributed by atoms with van der Waals surface area (Å²) >= 11 is 1.10. The maximum Gasteiger partial charge on any atom is 0.308 e. The van der Waals surface area contributed by atoms with E-state index in [2.05, 4.69) is 5.32 Å². The number of amides is 1. The molecule has 1 N–H and O–H groups in total. The summed E-state index contributed by atoms with van der Waals surface area (Å²) in [5.41, 5.74) is 1.42. The second-order valence-corrected chi connectivity index (χ2v) is 6.24. The number of nitrogens with zero attached hydrogens (tertiary/aromatic N) is 1. The van der Waals surface area contributed by atoms with Gasteiger partial charge in [0.25, 0.3) is 0 Å². The van der Waals surface area contributed by atoms with Crippen molar-refractivity contribution in [2.75, 3.05) is 6.54 Å². The molecule has 1 heterocycles. The number of benzene rings is 1. The normalized spacial score (nSPS) is 10.7. The maximum atomic E-state index is 13.1. The summed E-state index contributed by atoms with van der Waals surface area (Å²) in [7, 11) is 0. The van der Waals surface area contributed by atoms with E-state index in [4.69, 9.17) is 0 Å². The number of unbranched alkanes of at least 4 members (excludes halogenated alkanes) is 1. The van der Waals surface area contributed by atoms with Crippen LogP contribution in [0.3, 0.4) is 0 Å². The number of rotatable bonds is 6. The summed E-state index contributed by atoms with van der Waals surface area (Å²) in [5.74, 6) is -0.514. The highest BCUT2D eigenvalue weighted by Gasteiger charge is 2.16. The Hall–Kier alpha value is -1.95. The molecule has 0 aliphatic heterocycles. The van der Waals surface area contributed by atoms with E-state index in [-0.39, 0.29) is 23.1 Å². The molecule has 0 atom stereocenters. The Kier molecular flexibility index (Phi) is 5.49. The Labute approximate surface area is 132 Å². The molecule has 118 valence electrons. The number of thiazole rings is 1. The second kappa shape index (κ2) is 7.35. The number of aryl methyl sites for hydroxylation is 1. The van der Waals surface area contributed by atoms with Gasteiger partial charge in [0, 0.05) is 11.4 Å². The van der Waals surface area contributed by atoms with Gasteiger partial charge in [-0.3, -0.25) is 14.2 Å². The third-order valence-electron chi connectivity index (χ3n) is 3.34. The monoisotopic (exact) mass is 322 g/mol. The minimum Gasteiger partial charge on any atom is -0.355 e. The topological polar surface area (TPSA) is 51.1 Å². The predicted octanol–water partition coefficient (Wildman–Crippen LogP) is 2.94. The van der Waals surface area contributed by atoms with Crippen LogP contribution >= 0.6 is 11.3 Å². The molecule has 0 fully saturated rings. The van der Waals surface area contributed by atoms with E-state index in [1.54, 1.807) is 12.1 Å². The molecule has 0 aliphatic carbocycles. The SMILES string of the molecule is CCCCNC(=O)Cn1c(-c2ccc(F)cc2)c(C)sc1=O. The minimum atomic E-state index is -0.331. The van der Waals surface area contributed by atoms with Crippen molar-refractivity contribution in [3.8, 4) is 11.3 Å². The molecule has 1 amide bonds. The Balaban J connectivity index is 2.26. The molecule has 1 aromatic heterocycles. The zero-order valence-electron chi connectivity index (χ0n) is 12.7. The molecule has 22 heavy (non-hydrogen) atoms. The van der Waals surface area contributed by atoms with E-state index in [0.717, 1.165) is 34.6 Å².